The van der Waals surface area contributed by atoms with Crippen LogP contribution < -0.4 is 10.1 Å². The van der Waals surface area contributed by atoms with Crippen LogP contribution in [0.3, 0.4) is 0 Å². The molecule has 4 aromatic rings. The SMILES string of the molecule is COc1ccc2cc([C@H](C)C(=O)N[C@H](Cn3cncn3)c3ccccc3)ccc2c1. The fourth-order valence-electron chi connectivity index (χ4n) is 3.52. The van der Waals surface area contributed by atoms with Gasteiger partial charge in [-0.25, -0.2) is 4.98 Å². The molecule has 0 bridgehead atoms. The average molecular weight is 400 g/mol. The summed E-state index contributed by atoms with van der Waals surface area (Å²) >= 11 is 0. The summed E-state index contributed by atoms with van der Waals surface area (Å²) in [6, 6.07) is 21.8. The highest BCUT2D eigenvalue weighted by Crippen LogP contribution is 2.26. The largest absolute Gasteiger partial charge is 0.497 e. The number of benzene rings is 3. The Labute approximate surface area is 175 Å². The van der Waals surface area contributed by atoms with Crippen LogP contribution in [0.4, 0.5) is 0 Å². The van der Waals surface area contributed by atoms with Gasteiger partial charge in [-0.1, -0.05) is 54.6 Å². The topological polar surface area (TPSA) is 69.0 Å². The van der Waals surface area contributed by atoms with Crippen molar-refractivity contribution in [1.29, 1.82) is 0 Å². The summed E-state index contributed by atoms with van der Waals surface area (Å²) in [6.07, 6.45) is 3.15. The van der Waals surface area contributed by atoms with E-state index in [1.165, 1.54) is 6.33 Å². The molecule has 1 amide bonds. The number of fused-ring (bicyclic) bond motifs is 1. The Balaban J connectivity index is 1.55. The number of carbonyl (C=O) groups is 1. The molecule has 3 aromatic carbocycles. The van der Waals surface area contributed by atoms with Crippen molar-refractivity contribution in [3.63, 3.8) is 0 Å². The summed E-state index contributed by atoms with van der Waals surface area (Å²) in [4.78, 5) is 17.1. The number of aromatic nitrogens is 3. The number of ether oxygens (including phenoxy) is 1. The van der Waals surface area contributed by atoms with Gasteiger partial charge in [0.15, 0.2) is 0 Å². The highest BCUT2D eigenvalue weighted by molar-refractivity contribution is 5.88. The molecular weight excluding hydrogens is 376 g/mol. The summed E-state index contributed by atoms with van der Waals surface area (Å²) in [5.41, 5.74) is 2.00. The molecule has 6 nitrogen and oxygen atoms in total. The average Bonchev–Trinajstić information content (AvgIpc) is 3.31. The maximum absolute atomic E-state index is 13.1. The van der Waals surface area contributed by atoms with E-state index in [0.29, 0.717) is 6.54 Å². The lowest BCUT2D eigenvalue weighted by atomic mass is 9.96. The lowest BCUT2D eigenvalue weighted by Gasteiger charge is -2.22. The number of methoxy groups -OCH3 is 1. The van der Waals surface area contributed by atoms with E-state index in [2.05, 4.69) is 21.5 Å². The number of hydrogen-bond donors (Lipinski definition) is 1. The standard InChI is InChI=1S/C24H24N4O2/c1-17(19-8-9-21-13-22(30-2)11-10-20(21)12-19)24(29)27-23(14-28-16-25-15-26-28)18-6-4-3-5-7-18/h3-13,15-17,23H,14H2,1-2H3,(H,27,29)/t17-,23+/m0/s1. The number of nitrogens with one attached hydrogen (secondary N) is 1. The van der Waals surface area contributed by atoms with Crippen LogP contribution in [-0.4, -0.2) is 27.8 Å². The van der Waals surface area contributed by atoms with Gasteiger partial charge in [0.2, 0.25) is 5.91 Å². The Morgan fingerprint density at radius 3 is 2.53 bits per heavy atom. The number of nitrogens with zero attached hydrogens (tertiary/aromatic N) is 3. The Morgan fingerprint density at radius 1 is 1.03 bits per heavy atom. The second kappa shape index (κ2) is 8.78. The number of carbonyl (C=O) groups excluding carboxylic acids is 1. The molecule has 0 unspecified atom stereocenters. The summed E-state index contributed by atoms with van der Waals surface area (Å²) in [5, 5.41) is 9.53. The molecule has 0 spiro atoms. The highest BCUT2D eigenvalue weighted by atomic mass is 16.5. The van der Waals surface area contributed by atoms with Crippen LogP contribution in [0, 0.1) is 0 Å². The van der Waals surface area contributed by atoms with Crippen molar-refractivity contribution in [3.8, 4) is 5.75 Å². The maximum atomic E-state index is 13.1. The second-order valence-electron chi connectivity index (χ2n) is 7.28. The zero-order valence-corrected chi connectivity index (χ0v) is 17.0. The molecule has 0 aliphatic rings. The predicted molar refractivity (Wildman–Crippen MR) is 116 cm³/mol. The molecule has 1 N–H and O–H groups in total. The van der Waals surface area contributed by atoms with E-state index in [-0.39, 0.29) is 17.9 Å². The minimum atomic E-state index is -0.293. The van der Waals surface area contributed by atoms with Crippen LogP contribution in [0.2, 0.25) is 0 Å². The predicted octanol–water partition coefficient (Wildman–Crippen LogP) is 4.10. The molecule has 6 heteroatoms. The smallest absolute Gasteiger partial charge is 0.227 e. The van der Waals surface area contributed by atoms with Crippen LogP contribution in [0.25, 0.3) is 10.8 Å². The molecule has 1 aromatic heterocycles. The molecule has 0 aliphatic carbocycles. The molecule has 152 valence electrons. The van der Waals surface area contributed by atoms with Crippen LogP contribution in [0.15, 0.2) is 79.4 Å². The summed E-state index contributed by atoms with van der Waals surface area (Å²) in [5.74, 6) is 0.496. The first-order valence-electron chi connectivity index (χ1n) is 9.89. The zero-order valence-electron chi connectivity index (χ0n) is 17.0. The van der Waals surface area contributed by atoms with Gasteiger partial charge < -0.3 is 10.1 Å². The third kappa shape index (κ3) is 4.33. The van der Waals surface area contributed by atoms with Crippen molar-refractivity contribution < 1.29 is 9.53 Å². The molecule has 2 atom stereocenters. The third-order valence-electron chi connectivity index (χ3n) is 5.32. The monoisotopic (exact) mass is 400 g/mol. The number of amides is 1. The first-order valence-corrected chi connectivity index (χ1v) is 9.89. The van der Waals surface area contributed by atoms with Crippen molar-refractivity contribution in [1.82, 2.24) is 20.1 Å². The number of hydrogen-bond acceptors (Lipinski definition) is 4. The van der Waals surface area contributed by atoms with E-state index in [1.807, 2.05) is 67.6 Å². The Kier molecular flexibility index (Phi) is 5.75. The van der Waals surface area contributed by atoms with Gasteiger partial charge in [0.25, 0.3) is 0 Å². The van der Waals surface area contributed by atoms with E-state index < -0.39 is 0 Å². The van der Waals surface area contributed by atoms with Gasteiger partial charge in [0.05, 0.1) is 25.6 Å². The molecule has 4 rings (SSSR count). The van der Waals surface area contributed by atoms with Crippen molar-refractivity contribution in [2.45, 2.75) is 25.4 Å². The molecule has 0 fully saturated rings. The van der Waals surface area contributed by atoms with E-state index in [9.17, 15) is 4.79 Å². The Bertz CT molecular complexity index is 1130. The molecule has 0 radical (unpaired) electrons. The van der Waals surface area contributed by atoms with Gasteiger partial charge in [-0.15, -0.1) is 0 Å². The summed E-state index contributed by atoms with van der Waals surface area (Å²) in [7, 11) is 1.66. The molecule has 1 heterocycles. The molecule has 0 saturated heterocycles. The van der Waals surface area contributed by atoms with Gasteiger partial charge >= 0.3 is 0 Å². The van der Waals surface area contributed by atoms with Crippen molar-refractivity contribution in [2.24, 2.45) is 0 Å². The fraction of sp³-hybridized carbons (Fsp3) is 0.208. The first kappa shape index (κ1) is 19.6. The van der Waals surface area contributed by atoms with Gasteiger partial charge in [0.1, 0.15) is 18.4 Å². The summed E-state index contributed by atoms with van der Waals surface area (Å²) < 4.78 is 7.02. The maximum Gasteiger partial charge on any atom is 0.227 e. The first-order chi connectivity index (χ1) is 14.6. The highest BCUT2D eigenvalue weighted by Gasteiger charge is 2.21. The second-order valence-corrected chi connectivity index (χ2v) is 7.28. The fourth-order valence-corrected chi connectivity index (χ4v) is 3.52. The Hall–Kier alpha value is -3.67. The van der Waals surface area contributed by atoms with Crippen molar-refractivity contribution >= 4 is 16.7 Å². The van der Waals surface area contributed by atoms with E-state index >= 15 is 0 Å². The van der Waals surface area contributed by atoms with Gasteiger partial charge in [-0.05, 0) is 41.0 Å². The Morgan fingerprint density at radius 2 is 1.80 bits per heavy atom. The van der Waals surface area contributed by atoms with Crippen molar-refractivity contribution in [3.05, 3.63) is 90.5 Å². The summed E-state index contributed by atoms with van der Waals surface area (Å²) in [6.45, 7) is 2.44. The molecule has 0 aliphatic heterocycles. The molecular formula is C24H24N4O2. The lowest BCUT2D eigenvalue weighted by molar-refractivity contribution is -0.123. The number of rotatable bonds is 7. The van der Waals surface area contributed by atoms with Gasteiger partial charge in [-0.3, -0.25) is 9.48 Å². The minimum Gasteiger partial charge on any atom is -0.497 e. The third-order valence-corrected chi connectivity index (χ3v) is 5.32. The minimum absolute atomic E-state index is 0.0307. The van der Waals surface area contributed by atoms with Gasteiger partial charge in [-0.2, -0.15) is 5.10 Å². The molecule has 0 saturated carbocycles. The van der Waals surface area contributed by atoms with E-state index in [0.717, 1.165) is 27.6 Å². The van der Waals surface area contributed by atoms with E-state index in [4.69, 9.17) is 4.74 Å². The van der Waals surface area contributed by atoms with Crippen molar-refractivity contribution in [2.75, 3.05) is 7.11 Å². The quantitative estimate of drug-likeness (QED) is 0.507. The van der Waals surface area contributed by atoms with E-state index in [1.54, 1.807) is 18.1 Å². The van der Waals surface area contributed by atoms with Gasteiger partial charge in [0, 0.05) is 0 Å². The molecule has 30 heavy (non-hydrogen) atoms. The van der Waals surface area contributed by atoms with Crippen LogP contribution in [-0.2, 0) is 11.3 Å². The van der Waals surface area contributed by atoms with Crippen LogP contribution in [0.5, 0.6) is 5.75 Å². The van der Waals surface area contributed by atoms with Crippen LogP contribution >= 0.6 is 0 Å². The van der Waals surface area contributed by atoms with Crippen LogP contribution in [0.1, 0.15) is 30.0 Å². The normalized spacial score (nSPS) is 13.0. The lowest BCUT2D eigenvalue weighted by Crippen LogP contribution is -2.34. The zero-order chi connectivity index (χ0) is 20.9.